The monoisotopic (exact) mass is 434 g/mol. The Morgan fingerprint density at radius 3 is 2.21 bits per heavy atom. The Morgan fingerprint density at radius 2 is 1.62 bits per heavy atom. The molecule has 3 aromatic rings. The van der Waals surface area contributed by atoms with E-state index < -0.39 is 0 Å². The molecule has 3 rings (SSSR count). The lowest BCUT2D eigenvalue weighted by Gasteiger charge is -2.20. The summed E-state index contributed by atoms with van der Waals surface area (Å²) in [7, 11) is 0. The first kappa shape index (κ1) is 23.3. The fraction of sp³-hybridized carbons (Fsp3) is 0.348. The molecule has 0 aliphatic rings. The number of nitrogens with zero attached hydrogens (tertiary/aromatic N) is 2. The lowest BCUT2D eigenvalue weighted by Crippen LogP contribution is -2.28. The minimum absolute atomic E-state index is 0. The number of rotatable bonds is 8. The molecule has 29 heavy (non-hydrogen) atoms. The molecule has 4 nitrogen and oxygen atoms in total. The molecule has 0 fully saturated rings. The summed E-state index contributed by atoms with van der Waals surface area (Å²) in [5.41, 5.74) is 2.69. The first-order valence-electron chi connectivity index (χ1n) is 9.87. The maximum absolute atomic E-state index is 12.9. The Balaban J connectivity index is 0.00000300. The van der Waals surface area contributed by atoms with Crippen LogP contribution in [0, 0.1) is 0 Å². The maximum atomic E-state index is 12.9. The molecular formula is C23H28Cl2N2O2. The third-order valence-corrected chi connectivity index (χ3v) is 5.35. The number of likely N-dealkylation sites (N-methyl/N-ethyl adjacent to an activating group) is 1. The van der Waals surface area contributed by atoms with Crippen LogP contribution < -0.4 is 0 Å². The normalized spacial score (nSPS) is 10.9. The third kappa shape index (κ3) is 4.95. The van der Waals surface area contributed by atoms with Gasteiger partial charge in [0.05, 0.1) is 12.3 Å². The van der Waals surface area contributed by atoms with Crippen molar-refractivity contribution in [3.05, 3.63) is 59.2 Å². The van der Waals surface area contributed by atoms with Gasteiger partial charge in [-0.2, -0.15) is 0 Å². The van der Waals surface area contributed by atoms with Gasteiger partial charge < -0.3 is 14.2 Å². The van der Waals surface area contributed by atoms with Gasteiger partial charge in [-0.1, -0.05) is 61.8 Å². The third-order valence-electron chi connectivity index (χ3n) is 5.10. The number of halogens is 2. The van der Waals surface area contributed by atoms with Crippen LogP contribution >= 0.6 is 24.0 Å². The van der Waals surface area contributed by atoms with Crippen molar-refractivity contribution in [3.63, 3.8) is 0 Å². The highest BCUT2D eigenvalue weighted by Crippen LogP contribution is 2.35. The standard InChI is InChI=1S/C23H27ClN2O2.ClH/c1-4-25(5-2)15-16-26-21(17-11-13-18(24)14-12-17)19-9-7-8-10-20(19)22(26)23(27)28-6-3;/h7-14H,4-6,15-16H2,1-3H3;1H. The van der Waals surface area contributed by atoms with Gasteiger partial charge in [0.2, 0.25) is 0 Å². The molecule has 0 amide bonds. The molecule has 0 saturated heterocycles. The van der Waals surface area contributed by atoms with Crippen molar-refractivity contribution in [1.29, 1.82) is 0 Å². The van der Waals surface area contributed by atoms with Crippen molar-refractivity contribution in [2.24, 2.45) is 0 Å². The van der Waals surface area contributed by atoms with E-state index in [1.54, 1.807) is 0 Å². The molecule has 0 atom stereocenters. The van der Waals surface area contributed by atoms with E-state index in [9.17, 15) is 4.79 Å². The molecule has 0 radical (unpaired) electrons. The van der Waals surface area contributed by atoms with E-state index in [0.717, 1.165) is 41.7 Å². The first-order valence-corrected chi connectivity index (χ1v) is 10.2. The Hall–Kier alpha value is -2.01. The van der Waals surface area contributed by atoms with Crippen molar-refractivity contribution in [1.82, 2.24) is 9.47 Å². The predicted molar refractivity (Wildman–Crippen MR) is 123 cm³/mol. The topological polar surface area (TPSA) is 34.5 Å². The van der Waals surface area contributed by atoms with Gasteiger partial charge in [-0.05, 0) is 37.7 Å². The molecule has 2 aromatic carbocycles. The molecule has 1 heterocycles. The summed E-state index contributed by atoms with van der Waals surface area (Å²) in [5.74, 6) is -0.279. The maximum Gasteiger partial charge on any atom is 0.355 e. The second kappa shape index (κ2) is 10.7. The van der Waals surface area contributed by atoms with Crippen molar-refractivity contribution in [3.8, 4) is 11.3 Å². The van der Waals surface area contributed by atoms with Gasteiger partial charge >= 0.3 is 5.97 Å². The van der Waals surface area contributed by atoms with E-state index in [4.69, 9.17) is 16.3 Å². The lowest BCUT2D eigenvalue weighted by atomic mass is 10.1. The van der Waals surface area contributed by atoms with Crippen molar-refractivity contribution < 1.29 is 9.53 Å². The fourth-order valence-corrected chi connectivity index (χ4v) is 3.77. The van der Waals surface area contributed by atoms with Crippen LogP contribution in [0.4, 0.5) is 0 Å². The molecule has 0 N–H and O–H groups in total. The zero-order valence-electron chi connectivity index (χ0n) is 17.2. The van der Waals surface area contributed by atoms with Crippen LogP contribution in [-0.4, -0.2) is 41.7 Å². The Bertz CT molecular complexity index is 947. The summed E-state index contributed by atoms with van der Waals surface area (Å²) in [5, 5.41) is 2.66. The molecule has 0 spiro atoms. The number of esters is 1. The summed E-state index contributed by atoms with van der Waals surface area (Å²) in [6.45, 7) is 10.0. The summed E-state index contributed by atoms with van der Waals surface area (Å²) in [6, 6.07) is 15.8. The number of ether oxygens (including phenoxy) is 1. The van der Waals surface area contributed by atoms with Gasteiger partial charge in [-0.25, -0.2) is 4.79 Å². The summed E-state index contributed by atoms with van der Waals surface area (Å²) in [6.07, 6.45) is 0. The molecule has 0 aliphatic carbocycles. The average Bonchev–Trinajstić information content (AvgIpc) is 3.04. The van der Waals surface area contributed by atoms with E-state index in [2.05, 4.69) is 29.4 Å². The Morgan fingerprint density at radius 1 is 1.00 bits per heavy atom. The van der Waals surface area contributed by atoms with Gasteiger partial charge in [-0.15, -0.1) is 12.4 Å². The highest BCUT2D eigenvalue weighted by molar-refractivity contribution is 6.30. The molecular weight excluding hydrogens is 407 g/mol. The summed E-state index contributed by atoms with van der Waals surface area (Å²) in [4.78, 5) is 15.2. The second-order valence-corrected chi connectivity index (χ2v) is 7.09. The molecule has 0 unspecified atom stereocenters. The van der Waals surface area contributed by atoms with Crippen LogP contribution in [0.3, 0.4) is 0 Å². The van der Waals surface area contributed by atoms with Gasteiger partial charge in [0.15, 0.2) is 0 Å². The SMILES string of the molecule is CCOC(=O)c1c2ccccc2c(-c2ccc(Cl)cc2)n1CCN(CC)CC.Cl. The van der Waals surface area contributed by atoms with Crippen LogP contribution in [0.15, 0.2) is 48.5 Å². The average molecular weight is 435 g/mol. The highest BCUT2D eigenvalue weighted by Gasteiger charge is 2.24. The number of carbonyl (C=O) groups excluding carboxylic acids is 1. The summed E-state index contributed by atoms with van der Waals surface area (Å²) < 4.78 is 7.53. The lowest BCUT2D eigenvalue weighted by molar-refractivity contribution is 0.0515. The summed E-state index contributed by atoms with van der Waals surface area (Å²) >= 11 is 6.11. The van der Waals surface area contributed by atoms with E-state index in [1.165, 1.54) is 0 Å². The minimum atomic E-state index is -0.279. The quantitative estimate of drug-likeness (QED) is 0.413. The number of aromatic nitrogens is 1. The first-order chi connectivity index (χ1) is 13.6. The van der Waals surface area contributed by atoms with Crippen LogP contribution in [0.1, 0.15) is 31.3 Å². The predicted octanol–water partition coefficient (Wildman–Crippen LogP) is 5.90. The zero-order chi connectivity index (χ0) is 20.1. The number of hydrogen-bond donors (Lipinski definition) is 0. The number of fused-ring (bicyclic) bond motifs is 1. The fourth-order valence-electron chi connectivity index (χ4n) is 3.64. The van der Waals surface area contributed by atoms with Gasteiger partial charge in [0.25, 0.3) is 0 Å². The van der Waals surface area contributed by atoms with Crippen LogP contribution in [0.25, 0.3) is 22.0 Å². The molecule has 6 heteroatoms. The molecule has 1 aromatic heterocycles. The molecule has 0 saturated carbocycles. The van der Waals surface area contributed by atoms with E-state index >= 15 is 0 Å². The van der Waals surface area contributed by atoms with Crippen molar-refractivity contribution >= 4 is 40.7 Å². The highest BCUT2D eigenvalue weighted by atomic mass is 35.5. The Kier molecular flexibility index (Phi) is 8.57. The molecule has 0 aliphatic heterocycles. The van der Waals surface area contributed by atoms with Crippen LogP contribution in [0.2, 0.25) is 5.02 Å². The van der Waals surface area contributed by atoms with E-state index in [-0.39, 0.29) is 18.4 Å². The van der Waals surface area contributed by atoms with E-state index in [1.807, 2.05) is 49.4 Å². The minimum Gasteiger partial charge on any atom is -0.461 e. The smallest absolute Gasteiger partial charge is 0.355 e. The van der Waals surface area contributed by atoms with Gasteiger partial charge in [-0.3, -0.25) is 0 Å². The largest absolute Gasteiger partial charge is 0.461 e. The van der Waals surface area contributed by atoms with Gasteiger partial charge in [0.1, 0.15) is 5.69 Å². The van der Waals surface area contributed by atoms with Gasteiger partial charge in [0, 0.05) is 28.9 Å². The molecule has 0 bridgehead atoms. The van der Waals surface area contributed by atoms with E-state index in [0.29, 0.717) is 23.9 Å². The zero-order valence-corrected chi connectivity index (χ0v) is 18.7. The number of hydrogen-bond acceptors (Lipinski definition) is 3. The Labute approximate surface area is 183 Å². The molecule has 156 valence electrons. The second-order valence-electron chi connectivity index (χ2n) is 6.65. The number of carbonyl (C=O) groups is 1. The van der Waals surface area contributed by atoms with Crippen LogP contribution in [-0.2, 0) is 11.3 Å². The van der Waals surface area contributed by atoms with Crippen LogP contribution in [0.5, 0.6) is 0 Å². The van der Waals surface area contributed by atoms with Crippen molar-refractivity contribution in [2.45, 2.75) is 27.3 Å². The van der Waals surface area contributed by atoms with Crippen molar-refractivity contribution in [2.75, 3.05) is 26.2 Å². The number of benzene rings is 2.